The molecule has 0 atom stereocenters. The number of aromatic nitrogens is 1. The number of anilines is 3. The Balaban J connectivity index is 1.85. The summed E-state index contributed by atoms with van der Waals surface area (Å²) in [5.74, 6) is -4.51. The van der Waals surface area contributed by atoms with Crippen LogP contribution in [0.4, 0.5) is 30.2 Å². The summed E-state index contributed by atoms with van der Waals surface area (Å²) in [4.78, 5) is 18.0. The fourth-order valence-electron chi connectivity index (χ4n) is 2.37. The van der Waals surface area contributed by atoms with Gasteiger partial charge in [0, 0.05) is 18.9 Å². The van der Waals surface area contributed by atoms with E-state index in [1.165, 1.54) is 23.4 Å². The summed E-state index contributed by atoms with van der Waals surface area (Å²) in [6.45, 7) is 0. The summed E-state index contributed by atoms with van der Waals surface area (Å²) in [5.41, 5.74) is 0.959. The summed E-state index contributed by atoms with van der Waals surface area (Å²) in [6, 6.07) is 12.3. The second-order valence-electron chi connectivity index (χ2n) is 5.51. The molecule has 0 radical (unpaired) electrons. The van der Waals surface area contributed by atoms with Crippen molar-refractivity contribution in [1.29, 1.82) is 0 Å². The maximum Gasteiger partial charge on any atom is 0.259 e. The minimum absolute atomic E-state index is 0.254. The van der Waals surface area contributed by atoms with Crippen molar-refractivity contribution in [2.75, 3.05) is 17.3 Å². The van der Waals surface area contributed by atoms with Crippen LogP contribution in [0.1, 0.15) is 10.4 Å². The average Bonchev–Trinajstić information content (AvgIpc) is 2.68. The molecule has 3 rings (SSSR count). The number of pyridine rings is 1. The molecule has 1 N–H and O–H groups in total. The minimum Gasteiger partial charge on any atom is -0.352 e. The number of hydrogen-bond acceptors (Lipinski definition) is 3. The first kappa shape index (κ1) is 17.5. The van der Waals surface area contributed by atoms with Crippen molar-refractivity contribution >= 4 is 23.0 Å². The van der Waals surface area contributed by atoms with Crippen LogP contribution in [0, 0.1) is 17.5 Å². The van der Waals surface area contributed by atoms with Crippen LogP contribution in [0.25, 0.3) is 0 Å². The Hall–Kier alpha value is -3.35. The summed E-state index contributed by atoms with van der Waals surface area (Å²) >= 11 is 0. The van der Waals surface area contributed by atoms with Crippen molar-refractivity contribution in [1.82, 2.24) is 4.98 Å². The SMILES string of the molecule is CN(C(=O)c1cncc(Nc2ccc(F)c(F)c2F)c1)c1ccccc1. The molecule has 4 nitrogen and oxygen atoms in total. The number of nitrogens with zero attached hydrogens (tertiary/aromatic N) is 2. The highest BCUT2D eigenvalue weighted by Gasteiger charge is 2.16. The van der Waals surface area contributed by atoms with E-state index in [0.717, 1.165) is 12.1 Å². The number of hydrogen-bond donors (Lipinski definition) is 1. The fourth-order valence-corrected chi connectivity index (χ4v) is 2.37. The number of carbonyl (C=O) groups excluding carboxylic acids is 1. The Morgan fingerprint density at radius 2 is 1.73 bits per heavy atom. The standard InChI is InChI=1S/C19H14F3N3O/c1-25(14-5-3-2-4-6-14)19(26)12-9-13(11-23-10-12)24-16-8-7-15(20)17(21)18(16)22/h2-11,24H,1H3. The number of carbonyl (C=O) groups is 1. The second kappa shape index (κ2) is 7.26. The molecule has 1 aromatic heterocycles. The van der Waals surface area contributed by atoms with Gasteiger partial charge in [-0.3, -0.25) is 9.78 Å². The number of nitrogens with one attached hydrogen (secondary N) is 1. The van der Waals surface area contributed by atoms with E-state index >= 15 is 0 Å². The smallest absolute Gasteiger partial charge is 0.259 e. The summed E-state index contributed by atoms with van der Waals surface area (Å²) in [5, 5.41) is 2.60. The van der Waals surface area contributed by atoms with Gasteiger partial charge in [-0.1, -0.05) is 18.2 Å². The Morgan fingerprint density at radius 3 is 2.46 bits per heavy atom. The predicted octanol–water partition coefficient (Wildman–Crippen LogP) is 4.52. The molecular weight excluding hydrogens is 343 g/mol. The first-order chi connectivity index (χ1) is 12.5. The number of rotatable bonds is 4. The highest BCUT2D eigenvalue weighted by molar-refractivity contribution is 6.06. The summed E-state index contributed by atoms with van der Waals surface area (Å²) < 4.78 is 40.1. The van der Waals surface area contributed by atoms with Crippen LogP contribution in [-0.2, 0) is 0 Å². The van der Waals surface area contributed by atoms with Gasteiger partial charge >= 0.3 is 0 Å². The van der Waals surface area contributed by atoms with Crippen molar-refractivity contribution in [3.8, 4) is 0 Å². The van der Waals surface area contributed by atoms with Gasteiger partial charge in [-0.05, 0) is 30.3 Å². The lowest BCUT2D eigenvalue weighted by atomic mass is 10.2. The highest BCUT2D eigenvalue weighted by atomic mass is 19.2. The van der Waals surface area contributed by atoms with Crippen molar-refractivity contribution in [2.24, 2.45) is 0 Å². The zero-order valence-corrected chi connectivity index (χ0v) is 13.7. The van der Waals surface area contributed by atoms with Crippen LogP contribution >= 0.6 is 0 Å². The van der Waals surface area contributed by atoms with Gasteiger partial charge in [0.2, 0.25) is 0 Å². The van der Waals surface area contributed by atoms with Gasteiger partial charge in [0.05, 0.1) is 23.1 Å². The van der Waals surface area contributed by atoms with Crippen LogP contribution in [0.2, 0.25) is 0 Å². The van der Waals surface area contributed by atoms with E-state index in [1.807, 2.05) is 6.07 Å². The molecule has 3 aromatic rings. The molecule has 0 saturated heterocycles. The number of para-hydroxylation sites is 1. The normalized spacial score (nSPS) is 10.5. The molecule has 26 heavy (non-hydrogen) atoms. The van der Waals surface area contributed by atoms with E-state index in [1.54, 1.807) is 31.3 Å². The number of halogens is 3. The maximum absolute atomic E-state index is 13.8. The summed E-state index contributed by atoms with van der Waals surface area (Å²) in [6.07, 6.45) is 2.72. The Kier molecular flexibility index (Phi) is 4.88. The van der Waals surface area contributed by atoms with E-state index in [-0.39, 0.29) is 22.8 Å². The van der Waals surface area contributed by atoms with E-state index in [0.29, 0.717) is 5.69 Å². The molecule has 0 saturated carbocycles. The molecule has 2 aromatic carbocycles. The third-order valence-electron chi connectivity index (χ3n) is 3.75. The molecule has 0 unspecified atom stereocenters. The zero-order valence-electron chi connectivity index (χ0n) is 13.7. The molecule has 1 heterocycles. The minimum atomic E-state index is -1.57. The maximum atomic E-state index is 13.8. The van der Waals surface area contributed by atoms with Gasteiger partial charge in [0.25, 0.3) is 5.91 Å². The molecule has 0 bridgehead atoms. The van der Waals surface area contributed by atoms with Crippen molar-refractivity contribution < 1.29 is 18.0 Å². The zero-order chi connectivity index (χ0) is 18.7. The van der Waals surface area contributed by atoms with E-state index in [9.17, 15) is 18.0 Å². The van der Waals surface area contributed by atoms with E-state index in [2.05, 4.69) is 10.3 Å². The van der Waals surface area contributed by atoms with E-state index in [4.69, 9.17) is 0 Å². The fraction of sp³-hybridized carbons (Fsp3) is 0.0526. The van der Waals surface area contributed by atoms with E-state index < -0.39 is 17.5 Å². The molecule has 0 aliphatic heterocycles. The third-order valence-corrected chi connectivity index (χ3v) is 3.75. The largest absolute Gasteiger partial charge is 0.352 e. The predicted molar refractivity (Wildman–Crippen MR) is 93.0 cm³/mol. The Bertz CT molecular complexity index is 948. The quantitative estimate of drug-likeness (QED) is 0.699. The van der Waals surface area contributed by atoms with Crippen molar-refractivity contribution in [3.05, 3.63) is 83.9 Å². The Labute approximate surface area is 147 Å². The molecule has 132 valence electrons. The monoisotopic (exact) mass is 357 g/mol. The molecule has 0 spiro atoms. The number of amides is 1. The Morgan fingerprint density at radius 1 is 1.00 bits per heavy atom. The van der Waals surface area contributed by atoms with Gasteiger partial charge in [-0.25, -0.2) is 13.2 Å². The third kappa shape index (κ3) is 3.51. The van der Waals surface area contributed by atoms with Gasteiger partial charge in [0.15, 0.2) is 17.5 Å². The highest BCUT2D eigenvalue weighted by Crippen LogP contribution is 2.24. The van der Waals surface area contributed by atoms with Crippen molar-refractivity contribution in [3.63, 3.8) is 0 Å². The average molecular weight is 357 g/mol. The van der Waals surface area contributed by atoms with Gasteiger partial charge in [-0.2, -0.15) is 0 Å². The summed E-state index contributed by atoms with van der Waals surface area (Å²) in [7, 11) is 1.62. The lowest BCUT2D eigenvalue weighted by Gasteiger charge is -2.17. The lowest BCUT2D eigenvalue weighted by molar-refractivity contribution is 0.0992. The van der Waals surface area contributed by atoms with Gasteiger partial charge < -0.3 is 10.2 Å². The molecule has 0 aliphatic rings. The van der Waals surface area contributed by atoms with Crippen LogP contribution < -0.4 is 10.2 Å². The second-order valence-corrected chi connectivity index (χ2v) is 5.51. The van der Waals surface area contributed by atoms with Gasteiger partial charge in [-0.15, -0.1) is 0 Å². The molecule has 1 amide bonds. The topological polar surface area (TPSA) is 45.2 Å². The molecule has 0 aliphatic carbocycles. The molecular formula is C19H14F3N3O. The van der Waals surface area contributed by atoms with Crippen LogP contribution in [0.3, 0.4) is 0 Å². The van der Waals surface area contributed by atoms with Gasteiger partial charge in [0.1, 0.15) is 0 Å². The molecule has 7 heteroatoms. The lowest BCUT2D eigenvalue weighted by Crippen LogP contribution is -2.26. The first-order valence-electron chi connectivity index (χ1n) is 7.66. The van der Waals surface area contributed by atoms with Crippen molar-refractivity contribution in [2.45, 2.75) is 0 Å². The molecule has 0 fully saturated rings. The van der Waals surface area contributed by atoms with Crippen LogP contribution in [0.15, 0.2) is 60.9 Å². The number of benzene rings is 2. The van der Waals surface area contributed by atoms with Crippen LogP contribution in [-0.4, -0.2) is 17.9 Å². The first-order valence-corrected chi connectivity index (χ1v) is 7.66. The van der Waals surface area contributed by atoms with Crippen LogP contribution in [0.5, 0.6) is 0 Å².